The number of nitrogens with zero attached hydrogens (tertiary/aromatic N) is 2. The number of hydrogen-bond acceptors (Lipinski definition) is 3. The monoisotopic (exact) mass is 373 g/mol. The van der Waals surface area contributed by atoms with Crippen LogP contribution in [-0.2, 0) is 0 Å². The third-order valence-electron chi connectivity index (χ3n) is 5.02. The van der Waals surface area contributed by atoms with Gasteiger partial charge in [-0.15, -0.1) is 0 Å². The lowest BCUT2D eigenvalue weighted by molar-refractivity contribution is 0.0929. The van der Waals surface area contributed by atoms with Crippen LogP contribution in [0.2, 0.25) is 0 Å². The van der Waals surface area contributed by atoms with Crippen molar-refractivity contribution in [3.63, 3.8) is 0 Å². The lowest BCUT2D eigenvalue weighted by Gasteiger charge is -2.28. The molecule has 1 saturated heterocycles. The summed E-state index contributed by atoms with van der Waals surface area (Å²) in [4.78, 5) is 16.7. The van der Waals surface area contributed by atoms with Gasteiger partial charge in [0.25, 0.3) is 5.91 Å². The van der Waals surface area contributed by atoms with E-state index in [1.807, 2.05) is 43.3 Å². The summed E-state index contributed by atoms with van der Waals surface area (Å²) in [5.74, 6) is -2.42. The summed E-state index contributed by atoms with van der Waals surface area (Å²) in [5, 5.41) is 2.72. The molecule has 0 aromatic heterocycles. The van der Waals surface area contributed by atoms with Crippen molar-refractivity contribution in [1.82, 2.24) is 10.2 Å². The van der Waals surface area contributed by atoms with E-state index < -0.39 is 23.1 Å². The molecule has 1 amide bonds. The Labute approximate surface area is 158 Å². The molecule has 1 atom stereocenters. The minimum absolute atomic E-state index is 0.0255. The van der Waals surface area contributed by atoms with Crippen LogP contribution >= 0.6 is 0 Å². The third-order valence-corrected chi connectivity index (χ3v) is 5.02. The van der Waals surface area contributed by atoms with Gasteiger partial charge in [0.15, 0.2) is 0 Å². The Morgan fingerprint density at radius 2 is 1.67 bits per heavy atom. The molecule has 0 unspecified atom stereocenters. The molecule has 0 saturated carbocycles. The van der Waals surface area contributed by atoms with E-state index in [0.29, 0.717) is 6.54 Å². The largest absolute Gasteiger partial charge is 0.378 e. The molecule has 144 valence electrons. The van der Waals surface area contributed by atoms with Gasteiger partial charge in [-0.2, -0.15) is 0 Å². The molecule has 1 heterocycles. The summed E-state index contributed by atoms with van der Waals surface area (Å²) in [6, 6.07) is 11.6. The zero-order valence-corrected chi connectivity index (χ0v) is 15.7. The van der Waals surface area contributed by atoms with Crippen molar-refractivity contribution in [1.29, 1.82) is 0 Å². The van der Waals surface area contributed by atoms with Crippen LogP contribution < -0.4 is 10.2 Å². The third kappa shape index (κ3) is 4.45. The number of anilines is 1. The molecular weight excluding hydrogens is 348 g/mol. The van der Waals surface area contributed by atoms with Gasteiger partial charge in [-0.1, -0.05) is 18.2 Å². The van der Waals surface area contributed by atoms with Gasteiger partial charge in [0, 0.05) is 26.3 Å². The van der Waals surface area contributed by atoms with Gasteiger partial charge in [0.05, 0.1) is 6.04 Å². The van der Waals surface area contributed by atoms with E-state index in [1.54, 1.807) is 0 Å². The highest BCUT2D eigenvalue weighted by Crippen LogP contribution is 2.26. The van der Waals surface area contributed by atoms with Crippen molar-refractivity contribution >= 4 is 11.6 Å². The molecule has 1 aliphatic rings. The molecule has 0 aliphatic carbocycles. The van der Waals surface area contributed by atoms with Crippen LogP contribution in [0.3, 0.4) is 0 Å². The molecule has 0 bridgehead atoms. The van der Waals surface area contributed by atoms with Crippen molar-refractivity contribution in [2.75, 3.05) is 38.6 Å². The van der Waals surface area contributed by atoms with Gasteiger partial charge in [0.1, 0.15) is 17.2 Å². The van der Waals surface area contributed by atoms with E-state index in [4.69, 9.17) is 0 Å². The van der Waals surface area contributed by atoms with E-state index in [2.05, 4.69) is 10.2 Å². The number of nitrogens with one attached hydrogen (secondary N) is 1. The molecule has 2 aromatic carbocycles. The molecule has 0 spiro atoms. The molecule has 1 N–H and O–H groups in total. The van der Waals surface area contributed by atoms with Crippen LogP contribution in [-0.4, -0.2) is 44.5 Å². The second-order valence-corrected chi connectivity index (χ2v) is 7.05. The van der Waals surface area contributed by atoms with Crippen LogP contribution in [0.1, 0.15) is 34.8 Å². The minimum atomic E-state index is -0.847. The summed E-state index contributed by atoms with van der Waals surface area (Å²) in [6.07, 6.45) is 2.23. The summed E-state index contributed by atoms with van der Waals surface area (Å²) < 4.78 is 27.7. The number of carbonyl (C=O) groups is 1. The lowest BCUT2D eigenvalue weighted by Crippen LogP contribution is -2.37. The number of halogens is 2. The van der Waals surface area contributed by atoms with Gasteiger partial charge >= 0.3 is 0 Å². The van der Waals surface area contributed by atoms with Crippen LogP contribution in [0.4, 0.5) is 14.5 Å². The first-order valence-electron chi connectivity index (χ1n) is 9.21. The maximum Gasteiger partial charge on any atom is 0.257 e. The molecule has 1 aliphatic heterocycles. The van der Waals surface area contributed by atoms with E-state index in [9.17, 15) is 13.6 Å². The molecule has 1 fully saturated rings. The van der Waals surface area contributed by atoms with Gasteiger partial charge in [-0.25, -0.2) is 8.78 Å². The molecule has 2 aromatic rings. The number of rotatable bonds is 6. The maximum atomic E-state index is 13.9. The molecule has 6 heteroatoms. The summed E-state index contributed by atoms with van der Waals surface area (Å²) in [6.45, 7) is 2.20. The van der Waals surface area contributed by atoms with Gasteiger partial charge in [0.2, 0.25) is 0 Å². The molecule has 3 rings (SSSR count). The van der Waals surface area contributed by atoms with E-state index in [1.165, 1.54) is 6.07 Å². The average molecular weight is 373 g/mol. The van der Waals surface area contributed by atoms with Crippen LogP contribution in [0.15, 0.2) is 42.5 Å². The summed E-state index contributed by atoms with van der Waals surface area (Å²) >= 11 is 0. The molecule has 4 nitrogen and oxygen atoms in total. The Balaban J connectivity index is 1.77. The predicted molar refractivity (Wildman–Crippen MR) is 103 cm³/mol. The zero-order chi connectivity index (χ0) is 19.4. The Bertz CT molecular complexity index is 766. The van der Waals surface area contributed by atoms with Crippen molar-refractivity contribution in [3.8, 4) is 0 Å². The fraction of sp³-hybridized carbons (Fsp3) is 0.381. The predicted octanol–water partition coefficient (Wildman–Crippen LogP) is 3.60. The average Bonchev–Trinajstić information content (AvgIpc) is 3.16. The second kappa shape index (κ2) is 8.48. The highest BCUT2D eigenvalue weighted by Gasteiger charge is 2.25. The fourth-order valence-corrected chi connectivity index (χ4v) is 3.50. The summed E-state index contributed by atoms with van der Waals surface area (Å²) in [5.41, 5.74) is 1.65. The van der Waals surface area contributed by atoms with Gasteiger partial charge in [-0.05, 0) is 55.8 Å². The Hall–Kier alpha value is -2.47. The van der Waals surface area contributed by atoms with Gasteiger partial charge in [-0.3, -0.25) is 9.69 Å². The number of likely N-dealkylation sites (tertiary alicyclic amines) is 1. The first-order valence-corrected chi connectivity index (χ1v) is 9.21. The molecular formula is C21H25F2N3O. The highest BCUT2D eigenvalue weighted by atomic mass is 19.1. The van der Waals surface area contributed by atoms with E-state index >= 15 is 0 Å². The number of carbonyl (C=O) groups excluding carboxylic acids is 1. The smallest absolute Gasteiger partial charge is 0.257 e. The second-order valence-electron chi connectivity index (χ2n) is 7.05. The van der Waals surface area contributed by atoms with Crippen LogP contribution in [0.5, 0.6) is 0 Å². The lowest BCUT2D eigenvalue weighted by atomic mass is 10.0. The molecule has 0 radical (unpaired) electrons. The van der Waals surface area contributed by atoms with E-state index in [-0.39, 0.29) is 6.04 Å². The first-order chi connectivity index (χ1) is 13.0. The normalized spacial score (nSPS) is 15.6. The SMILES string of the molecule is CN(C)c1ccc([C@@H](CNC(=O)c2c(F)cccc2F)N2CCCC2)cc1. The fourth-order valence-electron chi connectivity index (χ4n) is 3.50. The number of amides is 1. The van der Waals surface area contributed by atoms with Crippen molar-refractivity contribution in [2.24, 2.45) is 0 Å². The van der Waals surface area contributed by atoms with Crippen LogP contribution in [0.25, 0.3) is 0 Å². The van der Waals surface area contributed by atoms with Gasteiger partial charge < -0.3 is 10.2 Å². The Morgan fingerprint density at radius 1 is 1.07 bits per heavy atom. The number of benzene rings is 2. The minimum Gasteiger partial charge on any atom is -0.378 e. The Morgan fingerprint density at radius 3 is 2.22 bits per heavy atom. The summed E-state index contributed by atoms with van der Waals surface area (Å²) in [7, 11) is 3.96. The standard InChI is InChI=1S/C21H25F2N3O/c1-25(2)16-10-8-15(9-11-16)19(26-12-3-4-13-26)14-24-21(27)20-17(22)6-5-7-18(20)23/h5-11,19H,3-4,12-14H2,1-2H3,(H,24,27)/t19-/m1/s1. The van der Waals surface area contributed by atoms with Crippen molar-refractivity contribution in [3.05, 3.63) is 65.2 Å². The van der Waals surface area contributed by atoms with E-state index in [0.717, 1.165) is 49.3 Å². The topological polar surface area (TPSA) is 35.6 Å². The highest BCUT2D eigenvalue weighted by molar-refractivity contribution is 5.94. The molecule has 27 heavy (non-hydrogen) atoms. The maximum absolute atomic E-state index is 13.9. The zero-order valence-electron chi connectivity index (χ0n) is 15.7. The Kier molecular flexibility index (Phi) is 6.06. The first kappa shape index (κ1) is 19.3. The van der Waals surface area contributed by atoms with Crippen molar-refractivity contribution in [2.45, 2.75) is 18.9 Å². The number of hydrogen-bond donors (Lipinski definition) is 1. The quantitative estimate of drug-likeness (QED) is 0.840. The van der Waals surface area contributed by atoms with Crippen LogP contribution in [0, 0.1) is 11.6 Å². The van der Waals surface area contributed by atoms with Crippen molar-refractivity contribution < 1.29 is 13.6 Å².